The van der Waals surface area contributed by atoms with Gasteiger partial charge in [-0.1, -0.05) is 20.8 Å². The van der Waals surface area contributed by atoms with Crippen LogP contribution in [-0.4, -0.2) is 33.6 Å². The van der Waals surface area contributed by atoms with Gasteiger partial charge in [0.05, 0.1) is 23.0 Å². The van der Waals surface area contributed by atoms with Crippen molar-refractivity contribution in [2.45, 2.75) is 64.5 Å². The number of ether oxygens (including phenoxy) is 1. The van der Waals surface area contributed by atoms with Crippen LogP contribution in [0.3, 0.4) is 0 Å². The van der Waals surface area contributed by atoms with Crippen molar-refractivity contribution in [2.24, 2.45) is 18.0 Å². The van der Waals surface area contributed by atoms with Gasteiger partial charge in [0, 0.05) is 24.9 Å². The molecule has 2 heterocycles. The molecule has 4 atom stereocenters. The van der Waals surface area contributed by atoms with Crippen LogP contribution in [0, 0.1) is 5.92 Å². The van der Waals surface area contributed by atoms with E-state index in [1.54, 1.807) is 20.0 Å². The second-order valence-electron chi connectivity index (χ2n) is 7.18. The first-order chi connectivity index (χ1) is 12.2. The van der Waals surface area contributed by atoms with E-state index < -0.39 is 17.7 Å². The number of carbonyl (C=O) groups is 1. The van der Waals surface area contributed by atoms with Crippen LogP contribution < -0.4 is 5.56 Å². The molecule has 7 heteroatoms. The standard InChI is InChI=1S/C19H25FN2O4/c1-5-14(21-15-8-13(20)10(15)3)16-7-12-11(17(23)22(16)4)9-26-18(24)19(12,25)6-2/h7,10,13,15,25H,5-6,8-9H2,1-4H3/b21-14+/t10?,13?,15-,19+/m1/s1. The summed E-state index contributed by atoms with van der Waals surface area (Å²) in [6.07, 6.45) is 0.206. The van der Waals surface area contributed by atoms with Gasteiger partial charge >= 0.3 is 5.97 Å². The number of aliphatic hydroxyl groups is 1. The van der Waals surface area contributed by atoms with Crippen molar-refractivity contribution >= 4 is 11.7 Å². The van der Waals surface area contributed by atoms with Gasteiger partial charge < -0.3 is 14.4 Å². The number of hydrogen-bond acceptors (Lipinski definition) is 5. The lowest BCUT2D eigenvalue weighted by atomic mass is 9.79. The highest BCUT2D eigenvalue weighted by molar-refractivity contribution is 5.99. The maximum absolute atomic E-state index is 13.5. The average Bonchev–Trinajstić information content (AvgIpc) is 2.64. The second kappa shape index (κ2) is 6.61. The lowest BCUT2D eigenvalue weighted by Gasteiger charge is -2.35. The molecule has 1 aliphatic carbocycles. The second-order valence-corrected chi connectivity index (χ2v) is 7.18. The molecule has 1 saturated carbocycles. The zero-order valence-corrected chi connectivity index (χ0v) is 15.6. The number of aromatic nitrogens is 1. The summed E-state index contributed by atoms with van der Waals surface area (Å²) in [5, 5.41) is 10.8. The third-order valence-electron chi connectivity index (χ3n) is 5.77. The van der Waals surface area contributed by atoms with E-state index in [0.717, 1.165) is 0 Å². The molecule has 0 radical (unpaired) electrons. The highest BCUT2D eigenvalue weighted by Crippen LogP contribution is 2.35. The molecule has 142 valence electrons. The summed E-state index contributed by atoms with van der Waals surface area (Å²) in [7, 11) is 1.63. The zero-order chi connectivity index (χ0) is 19.2. The molecular weight excluding hydrogens is 339 g/mol. The third kappa shape index (κ3) is 2.69. The van der Waals surface area contributed by atoms with Gasteiger partial charge in [-0.15, -0.1) is 0 Å². The molecule has 1 aromatic heterocycles. The molecule has 0 bridgehead atoms. The first-order valence-corrected chi connectivity index (χ1v) is 9.08. The van der Waals surface area contributed by atoms with Crippen LogP contribution in [0.5, 0.6) is 0 Å². The lowest BCUT2D eigenvalue weighted by Crippen LogP contribution is -2.45. The predicted molar refractivity (Wildman–Crippen MR) is 95.0 cm³/mol. The number of nitrogens with zero attached hydrogens (tertiary/aromatic N) is 2. The van der Waals surface area contributed by atoms with E-state index in [2.05, 4.69) is 4.99 Å². The molecule has 0 saturated heterocycles. The van der Waals surface area contributed by atoms with Crippen molar-refractivity contribution in [3.63, 3.8) is 0 Å². The van der Waals surface area contributed by atoms with Gasteiger partial charge in [-0.25, -0.2) is 9.18 Å². The fourth-order valence-electron chi connectivity index (χ4n) is 3.65. The van der Waals surface area contributed by atoms with E-state index in [-0.39, 0.29) is 36.1 Å². The quantitative estimate of drug-likeness (QED) is 0.654. The number of esters is 1. The topological polar surface area (TPSA) is 80.9 Å². The number of fused-ring (bicyclic) bond motifs is 1. The summed E-state index contributed by atoms with van der Waals surface area (Å²) >= 11 is 0. The summed E-state index contributed by atoms with van der Waals surface area (Å²) in [6, 6.07) is 1.56. The van der Waals surface area contributed by atoms with Gasteiger partial charge in [-0.05, 0) is 18.9 Å². The van der Waals surface area contributed by atoms with E-state index in [9.17, 15) is 19.1 Å². The van der Waals surface area contributed by atoms with E-state index >= 15 is 0 Å². The van der Waals surface area contributed by atoms with E-state index in [1.807, 2.05) is 13.8 Å². The van der Waals surface area contributed by atoms with Crippen LogP contribution >= 0.6 is 0 Å². The minimum Gasteiger partial charge on any atom is -0.458 e. The molecule has 1 aliphatic heterocycles. The molecule has 0 spiro atoms. The fraction of sp³-hybridized carbons (Fsp3) is 0.632. The third-order valence-corrected chi connectivity index (χ3v) is 5.77. The Balaban J connectivity index is 2.14. The van der Waals surface area contributed by atoms with Crippen molar-refractivity contribution < 1.29 is 19.0 Å². The minimum absolute atomic E-state index is 0.104. The van der Waals surface area contributed by atoms with Gasteiger partial charge in [-0.3, -0.25) is 9.79 Å². The number of hydrogen-bond donors (Lipinski definition) is 1. The Bertz CT molecular complexity index is 832. The monoisotopic (exact) mass is 364 g/mol. The Labute approximate surface area is 151 Å². The first kappa shape index (κ1) is 18.8. The van der Waals surface area contributed by atoms with Crippen molar-refractivity contribution in [2.75, 3.05) is 0 Å². The summed E-state index contributed by atoms with van der Waals surface area (Å²) in [5.74, 6) is -0.886. The van der Waals surface area contributed by atoms with Crippen LogP contribution in [0.1, 0.15) is 56.9 Å². The normalized spacial score (nSPS) is 31.2. The SMILES string of the molecule is CC/C(=N\[C@@H]1CC(F)C1C)c1cc2c(c(=O)n1C)COC(=O)[C@]2(O)CC. The van der Waals surface area contributed by atoms with Crippen LogP contribution in [0.4, 0.5) is 4.39 Å². The van der Waals surface area contributed by atoms with Gasteiger partial charge in [0.2, 0.25) is 0 Å². The van der Waals surface area contributed by atoms with Gasteiger partial charge in [0.1, 0.15) is 12.8 Å². The summed E-state index contributed by atoms with van der Waals surface area (Å²) in [6.45, 7) is 5.26. The van der Waals surface area contributed by atoms with Crippen molar-refractivity contribution in [1.82, 2.24) is 4.57 Å². The van der Waals surface area contributed by atoms with E-state index in [1.165, 1.54) is 4.57 Å². The summed E-state index contributed by atoms with van der Waals surface area (Å²) in [5.41, 5.74) is -0.344. The molecule has 26 heavy (non-hydrogen) atoms. The van der Waals surface area contributed by atoms with Gasteiger partial charge in [0.15, 0.2) is 5.60 Å². The number of alkyl halides is 1. The fourth-order valence-corrected chi connectivity index (χ4v) is 3.65. The highest BCUT2D eigenvalue weighted by Gasteiger charge is 2.45. The van der Waals surface area contributed by atoms with Crippen LogP contribution in [0.15, 0.2) is 15.9 Å². The highest BCUT2D eigenvalue weighted by atomic mass is 19.1. The largest absolute Gasteiger partial charge is 0.458 e. The lowest BCUT2D eigenvalue weighted by molar-refractivity contribution is -0.172. The van der Waals surface area contributed by atoms with Crippen LogP contribution in [0.25, 0.3) is 0 Å². The number of carbonyl (C=O) groups excluding carboxylic acids is 1. The Morgan fingerprint density at radius 1 is 1.46 bits per heavy atom. The zero-order valence-electron chi connectivity index (χ0n) is 15.6. The van der Waals surface area contributed by atoms with Crippen LogP contribution in [0.2, 0.25) is 0 Å². The van der Waals surface area contributed by atoms with E-state index in [0.29, 0.717) is 29.8 Å². The number of aliphatic imine (C=N–C) groups is 1. The molecule has 1 N–H and O–H groups in total. The number of pyridine rings is 1. The van der Waals surface area contributed by atoms with Crippen molar-refractivity contribution in [3.05, 3.63) is 33.2 Å². The molecule has 6 nitrogen and oxygen atoms in total. The Kier molecular flexibility index (Phi) is 4.77. The molecule has 0 amide bonds. The maximum atomic E-state index is 13.5. The predicted octanol–water partition coefficient (Wildman–Crippen LogP) is 1.99. The first-order valence-electron chi connectivity index (χ1n) is 9.08. The molecule has 2 aliphatic rings. The Morgan fingerprint density at radius 2 is 2.15 bits per heavy atom. The van der Waals surface area contributed by atoms with Gasteiger partial charge in [0.25, 0.3) is 5.56 Å². The minimum atomic E-state index is -1.83. The summed E-state index contributed by atoms with van der Waals surface area (Å²) in [4.78, 5) is 29.6. The number of halogens is 1. The van der Waals surface area contributed by atoms with E-state index in [4.69, 9.17) is 4.74 Å². The molecule has 3 rings (SSSR count). The smallest absolute Gasteiger partial charge is 0.343 e. The number of cyclic esters (lactones) is 1. The molecule has 2 unspecified atom stereocenters. The van der Waals surface area contributed by atoms with Crippen molar-refractivity contribution in [3.8, 4) is 0 Å². The van der Waals surface area contributed by atoms with Crippen LogP contribution in [-0.2, 0) is 28.8 Å². The molecule has 1 fully saturated rings. The average molecular weight is 364 g/mol. The molecular formula is C19H25FN2O4. The molecule has 1 aromatic rings. The Hall–Kier alpha value is -2.02. The maximum Gasteiger partial charge on any atom is 0.343 e. The Morgan fingerprint density at radius 3 is 2.69 bits per heavy atom. The molecule has 0 aromatic carbocycles. The van der Waals surface area contributed by atoms with Crippen molar-refractivity contribution in [1.29, 1.82) is 0 Å². The number of rotatable bonds is 4. The summed E-state index contributed by atoms with van der Waals surface area (Å²) < 4.78 is 19.9. The van der Waals surface area contributed by atoms with Gasteiger partial charge in [-0.2, -0.15) is 0 Å².